The highest BCUT2D eigenvalue weighted by molar-refractivity contribution is 5.67. The van der Waals surface area contributed by atoms with E-state index in [0.717, 1.165) is 54.2 Å². The van der Waals surface area contributed by atoms with Gasteiger partial charge in [-0.25, -0.2) is 9.67 Å². The molecule has 9 heteroatoms. The molecule has 0 bridgehead atoms. The SMILES string of the molecule is CC(C)c1cnn2c(NCc3ccccc3-n3cccn3)nc(-c3cccc(N4CCNCC4)c3)nc12. The number of benzene rings is 2. The number of aromatic nitrogens is 6. The fourth-order valence-electron chi connectivity index (χ4n) is 4.78. The second-order valence-electron chi connectivity index (χ2n) is 9.58. The van der Waals surface area contributed by atoms with Crippen LogP contribution < -0.4 is 15.5 Å². The van der Waals surface area contributed by atoms with Crippen molar-refractivity contribution in [2.75, 3.05) is 36.4 Å². The van der Waals surface area contributed by atoms with Gasteiger partial charge in [0.05, 0.1) is 11.9 Å². The second kappa shape index (κ2) is 10.0. The van der Waals surface area contributed by atoms with Crippen LogP contribution in [0.5, 0.6) is 0 Å². The van der Waals surface area contributed by atoms with Gasteiger partial charge in [0.15, 0.2) is 11.5 Å². The highest BCUT2D eigenvalue weighted by Gasteiger charge is 2.18. The maximum absolute atomic E-state index is 4.99. The van der Waals surface area contributed by atoms with Crippen LogP contribution in [0.3, 0.4) is 0 Å². The van der Waals surface area contributed by atoms with Crippen molar-refractivity contribution in [1.29, 1.82) is 0 Å². The zero-order chi connectivity index (χ0) is 25.2. The van der Waals surface area contributed by atoms with E-state index in [-0.39, 0.29) is 0 Å². The normalized spacial score (nSPS) is 14.0. The van der Waals surface area contributed by atoms with E-state index in [1.165, 1.54) is 5.69 Å². The van der Waals surface area contributed by atoms with E-state index in [9.17, 15) is 0 Å². The van der Waals surface area contributed by atoms with Crippen LogP contribution in [0, 0.1) is 0 Å². The lowest BCUT2D eigenvalue weighted by Gasteiger charge is -2.29. The molecule has 2 aromatic carbocycles. The standard InChI is InChI=1S/C28H31N9/c1-20(2)24-19-32-37-27(24)33-26(21-8-5-9-23(17-21)35-15-12-29-13-16-35)34-28(37)30-18-22-7-3-4-10-25(22)36-14-6-11-31-36/h3-11,14,17,19-20,29H,12-13,15-16,18H2,1-2H3,(H,30,33,34). The average Bonchev–Trinajstić information content (AvgIpc) is 3.63. The van der Waals surface area contributed by atoms with E-state index in [1.54, 1.807) is 6.20 Å². The molecule has 0 saturated carbocycles. The third-order valence-electron chi connectivity index (χ3n) is 6.78. The third-order valence-corrected chi connectivity index (χ3v) is 6.78. The molecule has 3 aromatic heterocycles. The molecular weight excluding hydrogens is 462 g/mol. The van der Waals surface area contributed by atoms with E-state index < -0.39 is 0 Å². The quantitative estimate of drug-likeness (QED) is 0.353. The van der Waals surface area contributed by atoms with Gasteiger partial charge >= 0.3 is 0 Å². The molecule has 1 aliphatic heterocycles. The van der Waals surface area contributed by atoms with Crippen molar-refractivity contribution >= 4 is 17.3 Å². The van der Waals surface area contributed by atoms with Crippen LogP contribution in [-0.4, -0.2) is 55.5 Å². The summed E-state index contributed by atoms with van der Waals surface area (Å²) in [6, 6.07) is 18.7. The minimum absolute atomic E-state index is 0.292. The summed E-state index contributed by atoms with van der Waals surface area (Å²) in [7, 11) is 0. The van der Waals surface area contributed by atoms with Crippen LogP contribution in [0.1, 0.15) is 30.9 Å². The Hall–Kier alpha value is -4.24. The zero-order valence-electron chi connectivity index (χ0n) is 21.2. The molecule has 37 heavy (non-hydrogen) atoms. The number of anilines is 2. The number of para-hydroxylation sites is 1. The van der Waals surface area contributed by atoms with E-state index in [4.69, 9.17) is 9.97 Å². The molecule has 0 amide bonds. The fourth-order valence-corrected chi connectivity index (χ4v) is 4.78. The first-order valence-electron chi connectivity index (χ1n) is 12.8. The van der Waals surface area contributed by atoms with Crippen LogP contribution >= 0.6 is 0 Å². The first-order valence-corrected chi connectivity index (χ1v) is 12.8. The first kappa shape index (κ1) is 23.2. The van der Waals surface area contributed by atoms with Crippen molar-refractivity contribution in [3.05, 3.63) is 84.3 Å². The Morgan fingerprint density at radius 1 is 0.973 bits per heavy atom. The molecule has 1 saturated heterocycles. The molecule has 6 rings (SSSR count). The molecular formula is C28H31N9. The van der Waals surface area contributed by atoms with Gasteiger partial charge in [-0.15, -0.1) is 0 Å². The van der Waals surface area contributed by atoms with Gasteiger partial charge in [-0.05, 0) is 35.7 Å². The summed E-state index contributed by atoms with van der Waals surface area (Å²) in [6.45, 7) is 8.87. The molecule has 2 N–H and O–H groups in total. The number of fused-ring (bicyclic) bond motifs is 1. The Morgan fingerprint density at radius 2 is 1.84 bits per heavy atom. The molecule has 0 radical (unpaired) electrons. The smallest absolute Gasteiger partial charge is 0.228 e. The molecule has 0 atom stereocenters. The largest absolute Gasteiger partial charge is 0.369 e. The summed E-state index contributed by atoms with van der Waals surface area (Å²) in [6.07, 6.45) is 5.64. The molecule has 4 heterocycles. The number of piperazine rings is 1. The van der Waals surface area contributed by atoms with Gasteiger partial charge in [0.2, 0.25) is 5.95 Å². The maximum Gasteiger partial charge on any atom is 0.228 e. The van der Waals surface area contributed by atoms with E-state index in [2.05, 4.69) is 76.0 Å². The molecule has 5 aromatic rings. The number of hydrogen-bond donors (Lipinski definition) is 2. The Labute approximate surface area is 216 Å². The molecule has 0 aliphatic carbocycles. The number of nitrogens with one attached hydrogen (secondary N) is 2. The van der Waals surface area contributed by atoms with Crippen LogP contribution in [0.15, 0.2) is 73.2 Å². The lowest BCUT2D eigenvalue weighted by molar-refractivity contribution is 0.589. The Kier molecular flexibility index (Phi) is 6.28. The summed E-state index contributed by atoms with van der Waals surface area (Å²) in [4.78, 5) is 12.4. The second-order valence-corrected chi connectivity index (χ2v) is 9.58. The summed E-state index contributed by atoms with van der Waals surface area (Å²) < 4.78 is 3.69. The molecule has 1 aliphatic rings. The monoisotopic (exact) mass is 493 g/mol. The zero-order valence-corrected chi connectivity index (χ0v) is 21.2. The van der Waals surface area contributed by atoms with Crippen LogP contribution in [-0.2, 0) is 6.54 Å². The molecule has 0 unspecified atom stereocenters. The lowest BCUT2D eigenvalue weighted by Crippen LogP contribution is -2.43. The van der Waals surface area contributed by atoms with Crippen LogP contribution in [0.25, 0.3) is 22.7 Å². The van der Waals surface area contributed by atoms with E-state index >= 15 is 0 Å². The average molecular weight is 494 g/mol. The van der Waals surface area contributed by atoms with Gasteiger partial charge in [0.1, 0.15) is 0 Å². The molecule has 188 valence electrons. The summed E-state index contributed by atoms with van der Waals surface area (Å²) in [5, 5.41) is 16.0. The Bertz CT molecular complexity index is 1500. The maximum atomic E-state index is 4.99. The minimum atomic E-state index is 0.292. The van der Waals surface area contributed by atoms with Gasteiger partial charge < -0.3 is 15.5 Å². The number of rotatable bonds is 7. The number of hydrogen-bond acceptors (Lipinski definition) is 7. The predicted molar refractivity (Wildman–Crippen MR) is 146 cm³/mol. The highest BCUT2D eigenvalue weighted by atomic mass is 15.3. The third kappa shape index (κ3) is 4.65. The van der Waals surface area contributed by atoms with Crippen molar-refractivity contribution in [2.45, 2.75) is 26.3 Å². The molecule has 9 nitrogen and oxygen atoms in total. The Balaban J connectivity index is 1.38. The highest BCUT2D eigenvalue weighted by Crippen LogP contribution is 2.27. The topological polar surface area (TPSA) is 88.2 Å². The van der Waals surface area contributed by atoms with Crippen molar-refractivity contribution in [1.82, 2.24) is 34.7 Å². The van der Waals surface area contributed by atoms with E-state index in [0.29, 0.717) is 24.2 Å². The van der Waals surface area contributed by atoms with Crippen molar-refractivity contribution in [2.24, 2.45) is 0 Å². The summed E-state index contributed by atoms with van der Waals surface area (Å²) in [5.74, 6) is 1.64. The molecule has 1 fully saturated rings. The predicted octanol–water partition coefficient (Wildman–Crippen LogP) is 4.12. The summed E-state index contributed by atoms with van der Waals surface area (Å²) >= 11 is 0. The van der Waals surface area contributed by atoms with Crippen LogP contribution in [0.4, 0.5) is 11.6 Å². The van der Waals surface area contributed by atoms with Crippen molar-refractivity contribution in [3.63, 3.8) is 0 Å². The lowest BCUT2D eigenvalue weighted by atomic mass is 10.1. The first-order chi connectivity index (χ1) is 18.2. The number of nitrogens with zero attached hydrogens (tertiary/aromatic N) is 7. The van der Waals surface area contributed by atoms with Crippen molar-refractivity contribution in [3.8, 4) is 17.1 Å². The van der Waals surface area contributed by atoms with Crippen molar-refractivity contribution < 1.29 is 0 Å². The van der Waals surface area contributed by atoms with E-state index in [1.807, 2.05) is 39.8 Å². The summed E-state index contributed by atoms with van der Waals surface area (Å²) in [5.41, 5.74) is 6.25. The van der Waals surface area contributed by atoms with Gasteiger partial charge in [-0.2, -0.15) is 19.7 Å². The van der Waals surface area contributed by atoms with Gasteiger partial charge in [-0.3, -0.25) is 0 Å². The molecule has 0 spiro atoms. The van der Waals surface area contributed by atoms with Gasteiger partial charge in [-0.1, -0.05) is 44.2 Å². The van der Waals surface area contributed by atoms with Crippen LogP contribution in [0.2, 0.25) is 0 Å². The van der Waals surface area contributed by atoms with Gasteiger partial charge in [0, 0.05) is 61.9 Å². The fraction of sp³-hybridized carbons (Fsp3) is 0.286. The minimum Gasteiger partial charge on any atom is -0.369 e. The Morgan fingerprint density at radius 3 is 2.65 bits per heavy atom. The van der Waals surface area contributed by atoms with Gasteiger partial charge in [0.25, 0.3) is 0 Å².